The van der Waals surface area contributed by atoms with Gasteiger partial charge in [-0.1, -0.05) is 19.8 Å². The highest BCUT2D eigenvalue weighted by molar-refractivity contribution is 5.08. The number of aromatic nitrogens is 2. The van der Waals surface area contributed by atoms with Crippen LogP contribution in [0.15, 0.2) is 6.07 Å². The van der Waals surface area contributed by atoms with Crippen LogP contribution in [0, 0.1) is 12.8 Å². The van der Waals surface area contributed by atoms with Crippen LogP contribution in [0.5, 0.6) is 0 Å². The average Bonchev–Trinajstić information content (AvgIpc) is 2.58. The summed E-state index contributed by atoms with van der Waals surface area (Å²) in [6.45, 7) is 8.55. The van der Waals surface area contributed by atoms with Crippen molar-refractivity contribution in [1.29, 1.82) is 0 Å². The van der Waals surface area contributed by atoms with E-state index < -0.39 is 0 Å². The largest absolute Gasteiger partial charge is 0.308 e. The molecule has 1 fully saturated rings. The van der Waals surface area contributed by atoms with Gasteiger partial charge < -0.3 is 5.32 Å². The monoisotopic (exact) mass is 249 g/mol. The molecule has 3 nitrogen and oxygen atoms in total. The Kier molecular flexibility index (Phi) is 4.81. The molecule has 1 aliphatic carbocycles. The molecule has 2 rings (SSSR count). The zero-order chi connectivity index (χ0) is 13.0. The normalized spacial score (nSPS) is 25.1. The second-order valence-corrected chi connectivity index (χ2v) is 5.78. The molecule has 1 heterocycles. The highest BCUT2D eigenvalue weighted by atomic mass is 15.3. The van der Waals surface area contributed by atoms with Crippen molar-refractivity contribution < 1.29 is 0 Å². The Balaban J connectivity index is 1.86. The molecule has 0 aliphatic heterocycles. The van der Waals surface area contributed by atoms with Crippen molar-refractivity contribution in [3.8, 4) is 0 Å². The molecule has 0 bridgehead atoms. The lowest BCUT2D eigenvalue weighted by Crippen LogP contribution is -2.29. The molecule has 1 N–H and O–H groups in total. The quantitative estimate of drug-likeness (QED) is 0.830. The lowest BCUT2D eigenvalue weighted by Gasteiger charge is -2.16. The van der Waals surface area contributed by atoms with E-state index in [-0.39, 0.29) is 0 Å². The summed E-state index contributed by atoms with van der Waals surface area (Å²) in [7, 11) is 0. The number of aryl methyl sites for hydroxylation is 2. The van der Waals surface area contributed by atoms with E-state index in [2.05, 4.69) is 41.9 Å². The van der Waals surface area contributed by atoms with E-state index >= 15 is 0 Å². The van der Waals surface area contributed by atoms with E-state index in [9.17, 15) is 0 Å². The summed E-state index contributed by atoms with van der Waals surface area (Å²) in [5.74, 6) is 0.917. The van der Waals surface area contributed by atoms with Crippen molar-refractivity contribution in [2.24, 2.45) is 5.92 Å². The third kappa shape index (κ3) is 3.58. The van der Waals surface area contributed by atoms with Gasteiger partial charge in [0.25, 0.3) is 0 Å². The zero-order valence-corrected chi connectivity index (χ0v) is 12.1. The van der Waals surface area contributed by atoms with Crippen molar-refractivity contribution in [2.45, 2.75) is 72.0 Å². The first-order valence-corrected chi connectivity index (χ1v) is 7.45. The smallest absolute Gasteiger partial charge is 0.0597 e. The summed E-state index contributed by atoms with van der Waals surface area (Å²) in [6.07, 6.45) is 6.84. The number of nitrogens with one attached hydrogen (secondary N) is 1. The molecule has 1 aliphatic rings. The number of hydrogen-bond acceptors (Lipinski definition) is 2. The highest BCUT2D eigenvalue weighted by Gasteiger charge is 2.16. The lowest BCUT2D eigenvalue weighted by molar-refractivity contribution is 0.437. The van der Waals surface area contributed by atoms with Crippen LogP contribution in [-0.4, -0.2) is 15.8 Å². The number of hydrogen-bond donors (Lipinski definition) is 1. The molecule has 2 unspecified atom stereocenters. The highest BCUT2D eigenvalue weighted by Crippen LogP contribution is 2.22. The van der Waals surface area contributed by atoms with Crippen molar-refractivity contribution >= 4 is 0 Å². The van der Waals surface area contributed by atoms with Crippen LogP contribution in [0.2, 0.25) is 0 Å². The van der Waals surface area contributed by atoms with Gasteiger partial charge in [-0.3, -0.25) is 4.68 Å². The van der Waals surface area contributed by atoms with Crippen LogP contribution in [0.4, 0.5) is 0 Å². The molecule has 18 heavy (non-hydrogen) atoms. The van der Waals surface area contributed by atoms with Crippen LogP contribution in [0.3, 0.4) is 0 Å². The maximum absolute atomic E-state index is 4.50. The minimum atomic E-state index is 0.704. The second-order valence-electron chi connectivity index (χ2n) is 5.78. The molecule has 2 atom stereocenters. The zero-order valence-electron chi connectivity index (χ0n) is 12.1. The van der Waals surface area contributed by atoms with E-state index in [0.29, 0.717) is 6.04 Å². The van der Waals surface area contributed by atoms with E-state index in [0.717, 1.165) is 24.7 Å². The summed E-state index contributed by atoms with van der Waals surface area (Å²) in [6, 6.07) is 2.91. The molecule has 102 valence electrons. The van der Waals surface area contributed by atoms with E-state index in [1.54, 1.807) is 0 Å². The Hall–Kier alpha value is -0.830. The van der Waals surface area contributed by atoms with Crippen molar-refractivity contribution in [3.63, 3.8) is 0 Å². The van der Waals surface area contributed by atoms with Gasteiger partial charge in [0.1, 0.15) is 0 Å². The summed E-state index contributed by atoms with van der Waals surface area (Å²) < 4.78 is 2.11. The molecule has 0 saturated heterocycles. The third-order valence-electron chi connectivity index (χ3n) is 4.11. The van der Waals surface area contributed by atoms with Gasteiger partial charge in [-0.15, -0.1) is 0 Å². The molecular weight excluding hydrogens is 222 g/mol. The van der Waals surface area contributed by atoms with Gasteiger partial charge in [-0.05, 0) is 45.1 Å². The van der Waals surface area contributed by atoms with Crippen LogP contribution in [0.25, 0.3) is 0 Å². The maximum Gasteiger partial charge on any atom is 0.0597 e. The average molecular weight is 249 g/mol. The van der Waals surface area contributed by atoms with Gasteiger partial charge in [0.05, 0.1) is 11.4 Å². The Morgan fingerprint density at radius 3 is 2.94 bits per heavy atom. The molecule has 0 spiro atoms. The van der Waals surface area contributed by atoms with E-state index in [4.69, 9.17) is 0 Å². The fraction of sp³-hybridized carbons (Fsp3) is 0.800. The van der Waals surface area contributed by atoms with Crippen LogP contribution in [-0.2, 0) is 13.1 Å². The Bertz CT molecular complexity index is 370. The van der Waals surface area contributed by atoms with Crippen LogP contribution in [0.1, 0.15) is 57.3 Å². The van der Waals surface area contributed by atoms with Crippen molar-refractivity contribution in [2.75, 3.05) is 0 Å². The maximum atomic E-state index is 4.50. The van der Waals surface area contributed by atoms with Crippen molar-refractivity contribution in [1.82, 2.24) is 15.1 Å². The first-order valence-electron chi connectivity index (χ1n) is 7.45. The Morgan fingerprint density at radius 1 is 1.33 bits per heavy atom. The van der Waals surface area contributed by atoms with Gasteiger partial charge in [-0.2, -0.15) is 5.10 Å². The minimum absolute atomic E-state index is 0.704. The predicted molar refractivity (Wildman–Crippen MR) is 75.5 cm³/mol. The topological polar surface area (TPSA) is 29.9 Å². The van der Waals surface area contributed by atoms with Gasteiger partial charge in [-0.25, -0.2) is 0 Å². The minimum Gasteiger partial charge on any atom is -0.308 e. The van der Waals surface area contributed by atoms with Gasteiger partial charge in [0.15, 0.2) is 0 Å². The second kappa shape index (κ2) is 6.37. The summed E-state index contributed by atoms with van der Waals surface area (Å²) >= 11 is 0. The third-order valence-corrected chi connectivity index (χ3v) is 4.11. The van der Waals surface area contributed by atoms with Gasteiger partial charge in [0.2, 0.25) is 0 Å². The molecule has 1 aromatic rings. The molecule has 3 heteroatoms. The predicted octanol–water partition coefficient (Wildman–Crippen LogP) is 3.27. The Morgan fingerprint density at radius 2 is 2.17 bits per heavy atom. The standard InChI is InChI=1S/C15H27N3/c1-4-18-15(10-13(3)17-18)11-16-14-7-5-6-12(2)8-9-14/h10,12,14,16H,4-9,11H2,1-3H3. The van der Waals surface area contributed by atoms with E-state index in [1.165, 1.54) is 37.8 Å². The first-order chi connectivity index (χ1) is 8.69. The fourth-order valence-electron chi connectivity index (χ4n) is 2.96. The molecule has 0 radical (unpaired) electrons. The molecule has 1 aromatic heterocycles. The fourth-order valence-corrected chi connectivity index (χ4v) is 2.96. The van der Waals surface area contributed by atoms with Crippen LogP contribution >= 0.6 is 0 Å². The number of nitrogens with zero attached hydrogens (tertiary/aromatic N) is 2. The summed E-state index contributed by atoms with van der Waals surface area (Å²) in [4.78, 5) is 0. The van der Waals surface area contributed by atoms with Gasteiger partial charge in [0, 0.05) is 19.1 Å². The molecule has 1 saturated carbocycles. The van der Waals surface area contributed by atoms with Gasteiger partial charge >= 0.3 is 0 Å². The molecule has 0 aromatic carbocycles. The van der Waals surface area contributed by atoms with E-state index in [1.807, 2.05) is 0 Å². The van der Waals surface area contributed by atoms with Crippen LogP contribution < -0.4 is 5.32 Å². The SMILES string of the molecule is CCn1nc(C)cc1CNC1CCCC(C)CC1. The first kappa shape index (κ1) is 13.6. The lowest BCUT2D eigenvalue weighted by atomic mass is 10.0. The summed E-state index contributed by atoms with van der Waals surface area (Å²) in [5, 5.41) is 8.23. The summed E-state index contributed by atoms with van der Waals surface area (Å²) in [5.41, 5.74) is 2.45. The van der Waals surface area contributed by atoms with Crippen molar-refractivity contribution in [3.05, 3.63) is 17.5 Å². The molecular formula is C15H27N3. The molecule has 0 amide bonds. The number of rotatable bonds is 4. The Labute approximate surface area is 111 Å².